The van der Waals surface area contributed by atoms with Gasteiger partial charge in [0, 0.05) is 19.2 Å². The van der Waals surface area contributed by atoms with Gasteiger partial charge >= 0.3 is 0 Å². The molecule has 4 rings (SSSR count). The average Bonchev–Trinajstić information content (AvgIpc) is 2.97. The molecule has 29 heavy (non-hydrogen) atoms. The van der Waals surface area contributed by atoms with Crippen LogP contribution in [0.15, 0.2) is 72.8 Å². The largest absolute Gasteiger partial charge is 0.457 e. The summed E-state index contributed by atoms with van der Waals surface area (Å²) in [5.74, 6) is 0.332. The summed E-state index contributed by atoms with van der Waals surface area (Å²) >= 11 is 0. The molecule has 0 unspecified atom stereocenters. The third-order valence-electron chi connectivity index (χ3n) is 4.68. The molecule has 0 saturated heterocycles. The van der Waals surface area contributed by atoms with Crippen LogP contribution in [0.5, 0.6) is 11.5 Å². The lowest BCUT2D eigenvalue weighted by molar-refractivity contribution is 0.0693. The van der Waals surface area contributed by atoms with Crippen LogP contribution in [0.4, 0.5) is 0 Å². The predicted octanol–water partition coefficient (Wildman–Crippen LogP) is 3.63. The topological polar surface area (TPSA) is 75.7 Å². The van der Waals surface area contributed by atoms with Gasteiger partial charge in [0.1, 0.15) is 11.5 Å². The molecular formula is C23H18N2O4. The van der Waals surface area contributed by atoms with Crippen molar-refractivity contribution in [2.45, 2.75) is 6.54 Å². The van der Waals surface area contributed by atoms with Crippen LogP contribution in [0.1, 0.15) is 36.6 Å². The molecule has 0 fully saturated rings. The van der Waals surface area contributed by atoms with E-state index < -0.39 is 5.91 Å². The Morgan fingerprint density at radius 2 is 1.59 bits per heavy atom. The number of benzene rings is 3. The zero-order chi connectivity index (χ0) is 20.4. The zero-order valence-corrected chi connectivity index (χ0v) is 15.7. The summed E-state index contributed by atoms with van der Waals surface area (Å²) in [6.45, 7) is 0.300. The Bertz CT molecular complexity index is 1110. The van der Waals surface area contributed by atoms with Crippen LogP contribution in [0, 0.1) is 0 Å². The molecule has 0 saturated carbocycles. The molecule has 0 spiro atoms. The Morgan fingerprint density at radius 3 is 2.38 bits per heavy atom. The normalized spacial score (nSPS) is 12.7. The highest BCUT2D eigenvalue weighted by molar-refractivity contribution is 6.21. The number of nitrogens with zero attached hydrogens (tertiary/aromatic N) is 1. The summed E-state index contributed by atoms with van der Waals surface area (Å²) in [5, 5.41) is 2.83. The first-order valence-corrected chi connectivity index (χ1v) is 9.09. The fourth-order valence-corrected chi connectivity index (χ4v) is 3.13. The molecule has 0 aromatic heterocycles. The minimum atomic E-state index is -0.398. The maximum absolute atomic E-state index is 12.5. The first-order chi connectivity index (χ1) is 14.0. The monoisotopic (exact) mass is 386 g/mol. The second-order valence-corrected chi connectivity index (χ2v) is 6.67. The third kappa shape index (κ3) is 3.73. The lowest BCUT2D eigenvalue weighted by Crippen LogP contribution is -2.24. The number of ether oxygens (including phenoxy) is 1. The van der Waals surface area contributed by atoms with E-state index in [-0.39, 0.29) is 17.4 Å². The van der Waals surface area contributed by atoms with Crippen molar-refractivity contribution >= 4 is 17.7 Å². The lowest BCUT2D eigenvalue weighted by atomic mass is 10.1. The molecule has 6 heteroatoms. The molecule has 1 N–H and O–H groups in total. The van der Waals surface area contributed by atoms with Gasteiger partial charge in [-0.05, 0) is 48.0 Å². The summed E-state index contributed by atoms with van der Waals surface area (Å²) in [5.41, 5.74) is 1.78. The smallest absolute Gasteiger partial charge is 0.261 e. The van der Waals surface area contributed by atoms with E-state index >= 15 is 0 Å². The Labute approximate surface area is 167 Å². The van der Waals surface area contributed by atoms with E-state index in [0.717, 1.165) is 16.2 Å². The minimum absolute atomic E-state index is 0.253. The van der Waals surface area contributed by atoms with Crippen molar-refractivity contribution in [2.24, 2.45) is 0 Å². The molecule has 3 aromatic rings. The molecule has 3 aromatic carbocycles. The van der Waals surface area contributed by atoms with Gasteiger partial charge in [-0.3, -0.25) is 19.3 Å². The van der Waals surface area contributed by atoms with Gasteiger partial charge in [-0.1, -0.05) is 30.3 Å². The summed E-state index contributed by atoms with van der Waals surface area (Å²) in [4.78, 5) is 37.6. The summed E-state index contributed by atoms with van der Waals surface area (Å²) in [6.07, 6.45) is 0. The van der Waals surface area contributed by atoms with Gasteiger partial charge in [-0.15, -0.1) is 0 Å². The molecule has 3 amide bonds. The Hall–Kier alpha value is -3.93. The summed E-state index contributed by atoms with van der Waals surface area (Å²) in [7, 11) is 1.43. The van der Waals surface area contributed by atoms with Crippen molar-refractivity contribution in [1.29, 1.82) is 0 Å². The van der Waals surface area contributed by atoms with Crippen molar-refractivity contribution < 1.29 is 19.1 Å². The van der Waals surface area contributed by atoms with Crippen molar-refractivity contribution in [3.63, 3.8) is 0 Å². The SMILES string of the molecule is CN1C(=O)c2ccc(C(=O)NCc3cccc(Oc4ccccc4)c3)cc2C1=O. The second kappa shape index (κ2) is 7.59. The van der Waals surface area contributed by atoms with Gasteiger partial charge in [0.2, 0.25) is 0 Å². The summed E-state index contributed by atoms with van der Waals surface area (Å²) < 4.78 is 5.81. The molecular weight excluding hydrogens is 368 g/mol. The number of nitrogens with one attached hydrogen (secondary N) is 1. The number of fused-ring (bicyclic) bond motifs is 1. The highest BCUT2D eigenvalue weighted by Crippen LogP contribution is 2.23. The fraction of sp³-hybridized carbons (Fsp3) is 0.0870. The van der Waals surface area contributed by atoms with Crippen molar-refractivity contribution in [2.75, 3.05) is 7.05 Å². The number of carbonyl (C=O) groups is 3. The first kappa shape index (κ1) is 18.4. The van der Waals surface area contributed by atoms with Crippen LogP contribution in [-0.4, -0.2) is 29.7 Å². The van der Waals surface area contributed by atoms with Gasteiger partial charge in [-0.2, -0.15) is 0 Å². The van der Waals surface area contributed by atoms with Crippen molar-refractivity contribution in [3.05, 3.63) is 95.1 Å². The van der Waals surface area contributed by atoms with Gasteiger partial charge in [-0.25, -0.2) is 0 Å². The van der Waals surface area contributed by atoms with Crippen LogP contribution >= 0.6 is 0 Å². The number of rotatable bonds is 5. The molecule has 0 aliphatic carbocycles. The summed E-state index contributed by atoms with van der Waals surface area (Å²) in [6, 6.07) is 21.4. The maximum Gasteiger partial charge on any atom is 0.261 e. The third-order valence-corrected chi connectivity index (χ3v) is 4.68. The fourth-order valence-electron chi connectivity index (χ4n) is 3.13. The number of carbonyl (C=O) groups excluding carboxylic acids is 3. The first-order valence-electron chi connectivity index (χ1n) is 9.09. The molecule has 6 nitrogen and oxygen atoms in total. The average molecular weight is 386 g/mol. The molecule has 0 atom stereocenters. The van der Waals surface area contributed by atoms with Crippen molar-refractivity contribution in [1.82, 2.24) is 10.2 Å². The molecule has 1 aliphatic rings. The predicted molar refractivity (Wildman–Crippen MR) is 107 cm³/mol. The van der Waals surface area contributed by atoms with E-state index in [1.165, 1.54) is 19.2 Å². The van der Waals surface area contributed by atoms with E-state index in [1.54, 1.807) is 6.07 Å². The maximum atomic E-state index is 12.5. The number of hydrogen-bond donors (Lipinski definition) is 1. The van der Waals surface area contributed by atoms with E-state index in [0.29, 0.717) is 23.4 Å². The number of amides is 3. The number of imide groups is 1. The van der Waals surface area contributed by atoms with E-state index in [1.807, 2.05) is 54.6 Å². The van der Waals surface area contributed by atoms with Crippen LogP contribution in [0.3, 0.4) is 0 Å². The Kier molecular flexibility index (Phi) is 4.83. The zero-order valence-electron chi connectivity index (χ0n) is 15.7. The molecule has 1 aliphatic heterocycles. The van der Waals surface area contributed by atoms with E-state index in [2.05, 4.69) is 5.32 Å². The van der Waals surface area contributed by atoms with Gasteiger partial charge < -0.3 is 10.1 Å². The Balaban J connectivity index is 1.44. The standard InChI is InChI=1S/C23H18N2O4/c1-25-22(27)19-11-10-16(13-20(19)23(25)28)21(26)24-14-15-6-5-9-18(12-15)29-17-7-3-2-4-8-17/h2-13H,14H2,1H3,(H,24,26). The van der Waals surface area contributed by atoms with Gasteiger partial charge in [0.15, 0.2) is 0 Å². The van der Waals surface area contributed by atoms with Gasteiger partial charge in [0.25, 0.3) is 17.7 Å². The molecule has 144 valence electrons. The van der Waals surface area contributed by atoms with Crippen molar-refractivity contribution in [3.8, 4) is 11.5 Å². The molecule has 0 radical (unpaired) electrons. The Morgan fingerprint density at radius 1 is 0.862 bits per heavy atom. The molecule has 0 bridgehead atoms. The minimum Gasteiger partial charge on any atom is -0.457 e. The van der Waals surface area contributed by atoms with Crippen LogP contribution in [-0.2, 0) is 6.54 Å². The van der Waals surface area contributed by atoms with Gasteiger partial charge in [0.05, 0.1) is 11.1 Å². The highest BCUT2D eigenvalue weighted by Gasteiger charge is 2.33. The van der Waals surface area contributed by atoms with Crippen LogP contribution in [0.25, 0.3) is 0 Å². The quantitative estimate of drug-likeness (QED) is 0.680. The van der Waals surface area contributed by atoms with E-state index in [9.17, 15) is 14.4 Å². The number of hydrogen-bond acceptors (Lipinski definition) is 4. The van der Waals surface area contributed by atoms with E-state index in [4.69, 9.17) is 4.74 Å². The van der Waals surface area contributed by atoms with Crippen LogP contribution in [0.2, 0.25) is 0 Å². The number of para-hydroxylation sites is 1. The highest BCUT2D eigenvalue weighted by atomic mass is 16.5. The second-order valence-electron chi connectivity index (χ2n) is 6.67. The lowest BCUT2D eigenvalue weighted by Gasteiger charge is -2.09. The van der Waals surface area contributed by atoms with Crippen LogP contribution < -0.4 is 10.1 Å². The molecule has 1 heterocycles.